The summed E-state index contributed by atoms with van der Waals surface area (Å²) >= 11 is 5.78. The molecule has 0 spiro atoms. The maximum atomic E-state index is 10.9. The molecule has 18 heavy (non-hydrogen) atoms. The monoisotopic (exact) mass is 291 g/mol. The summed E-state index contributed by atoms with van der Waals surface area (Å²) < 4.78 is 30.7. The van der Waals surface area contributed by atoms with Crippen LogP contribution >= 0.6 is 11.6 Å². The van der Waals surface area contributed by atoms with Crippen molar-refractivity contribution < 1.29 is 13.0 Å². The van der Waals surface area contributed by atoms with Crippen LogP contribution in [-0.2, 0) is 10.1 Å². The molecule has 0 fully saturated rings. The molecule has 0 aliphatic heterocycles. The van der Waals surface area contributed by atoms with Crippen LogP contribution in [0.1, 0.15) is 0 Å². The SMILES string of the molecule is NC(N)=NC(N)=Nc1cc(S(=O)(=O)O)ccc1Cl. The summed E-state index contributed by atoms with van der Waals surface area (Å²) in [6, 6.07) is 3.40. The van der Waals surface area contributed by atoms with Crippen LogP contribution in [-0.4, -0.2) is 24.9 Å². The van der Waals surface area contributed by atoms with Crippen molar-refractivity contribution in [3.8, 4) is 0 Å². The van der Waals surface area contributed by atoms with E-state index >= 15 is 0 Å². The summed E-state index contributed by atoms with van der Waals surface area (Å²) in [5.41, 5.74) is 15.5. The van der Waals surface area contributed by atoms with Gasteiger partial charge < -0.3 is 17.2 Å². The maximum Gasteiger partial charge on any atom is 0.294 e. The minimum absolute atomic E-state index is 0.00860. The zero-order valence-corrected chi connectivity index (χ0v) is 10.5. The van der Waals surface area contributed by atoms with Crippen LogP contribution in [0.2, 0.25) is 5.02 Å². The zero-order chi connectivity index (χ0) is 13.9. The summed E-state index contributed by atoms with van der Waals surface area (Å²) in [5, 5.41) is 0.121. The van der Waals surface area contributed by atoms with Crippen LogP contribution in [0.15, 0.2) is 33.1 Å². The molecule has 7 N–H and O–H groups in total. The van der Waals surface area contributed by atoms with E-state index in [0.717, 1.165) is 12.1 Å². The fourth-order valence-corrected chi connectivity index (χ4v) is 1.68. The van der Waals surface area contributed by atoms with Gasteiger partial charge in [-0.2, -0.15) is 13.4 Å². The number of guanidine groups is 2. The van der Waals surface area contributed by atoms with Crippen molar-refractivity contribution in [3.05, 3.63) is 23.2 Å². The highest BCUT2D eigenvalue weighted by Gasteiger charge is 2.12. The Morgan fingerprint density at radius 2 is 1.89 bits per heavy atom. The molecule has 0 saturated carbocycles. The van der Waals surface area contributed by atoms with Gasteiger partial charge >= 0.3 is 0 Å². The van der Waals surface area contributed by atoms with Crippen LogP contribution in [0.5, 0.6) is 0 Å². The molecule has 0 unspecified atom stereocenters. The largest absolute Gasteiger partial charge is 0.370 e. The minimum Gasteiger partial charge on any atom is -0.370 e. The molecule has 0 radical (unpaired) electrons. The highest BCUT2D eigenvalue weighted by molar-refractivity contribution is 7.85. The van der Waals surface area contributed by atoms with Crippen LogP contribution < -0.4 is 17.2 Å². The number of nitrogens with two attached hydrogens (primary N) is 3. The average Bonchev–Trinajstić information content (AvgIpc) is 2.18. The Kier molecular flexibility index (Phi) is 4.11. The summed E-state index contributed by atoms with van der Waals surface area (Å²) in [7, 11) is -4.35. The topological polar surface area (TPSA) is 157 Å². The number of nitrogens with zero attached hydrogens (tertiary/aromatic N) is 2. The lowest BCUT2D eigenvalue weighted by Crippen LogP contribution is -2.26. The van der Waals surface area contributed by atoms with Crippen LogP contribution in [0, 0.1) is 0 Å². The molecule has 0 aliphatic carbocycles. The van der Waals surface area contributed by atoms with E-state index in [9.17, 15) is 8.42 Å². The zero-order valence-electron chi connectivity index (χ0n) is 8.91. The molecule has 0 amide bonds. The lowest BCUT2D eigenvalue weighted by molar-refractivity contribution is 0.483. The lowest BCUT2D eigenvalue weighted by Gasteiger charge is -2.02. The highest BCUT2D eigenvalue weighted by atomic mass is 35.5. The van der Waals surface area contributed by atoms with Crippen LogP contribution in [0.4, 0.5) is 5.69 Å². The smallest absolute Gasteiger partial charge is 0.294 e. The molecule has 0 aliphatic rings. The number of halogens is 1. The Hall–Kier alpha value is -1.84. The fraction of sp³-hybridized carbons (Fsp3) is 0. The molecule has 1 aromatic carbocycles. The van der Waals surface area contributed by atoms with E-state index in [-0.39, 0.29) is 27.5 Å². The second kappa shape index (κ2) is 5.21. The van der Waals surface area contributed by atoms with E-state index in [1.54, 1.807) is 0 Å². The highest BCUT2D eigenvalue weighted by Crippen LogP contribution is 2.27. The van der Waals surface area contributed by atoms with Gasteiger partial charge in [-0.15, -0.1) is 0 Å². The van der Waals surface area contributed by atoms with E-state index in [2.05, 4.69) is 9.98 Å². The first-order valence-corrected chi connectivity index (χ1v) is 6.23. The molecule has 0 aromatic heterocycles. The molecule has 0 saturated heterocycles. The van der Waals surface area contributed by atoms with Crippen LogP contribution in [0.3, 0.4) is 0 Å². The van der Waals surface area contributed by atoms with Crippen molar-refractivity contribution >= 4 is 39.3 Å². The number of rotatable bonds is 2. The average molecular weight is 292 g/mol. The lowest BCUT2D eigenvalue weighted by atomic mass is 10.3. The molecule has 98 valence electrons. The normalized spacial score (nSPS) is 12.2. The van der Waals surface area contributed by atoms with Gasteiger partial charge in [0.2, 0.25) is 5.96 Å². The van der Waals surface area contributed by atoms with E-state index in [4.69, 9.17) is 33.4 Å². The first-order valence-electron chi connectivity index (χ1n) is 4.41. The summed E-state index contributed by atoms with van der Waals surface area (Å²) in [5.74, 6) is -0.609. The third-order valence-corrected chi connectivity index (χ3v) is 2.86. The van der Waals surface area contributed by atoms with Gasteiger partial charge in [0.05, 0.1) is 15.6 Å². The van der Waals surface area contributed by atoms with Gasteiger partial charge in [0.25, 0.3) is 10.1 Å². The molecular formula is C8H10ClN5O3S. The van der Waals surface area contributed by atoms with Gasteiger partial charge in [-0.25, -0.2) is 4.99 Å². The van der Waals surface area contributed by atoms with E-state index in [1.165, 1.54) is 6.07 Å². The number of aliphatic imine (C=N–C) groups is 2. The molecule has 0 heterocycles. The van der Waals surface area contributed by atoms with Crippen LogP contribution in [0.25, 0.3) is 0 Å². The third kappa shape index (κ3) is 3.87. The fourth-order valence-electron chi connectivity index (χ4n) is 1.02. The summed E-state index contributed by atoms with van der Waals surface area (Å²) in [4.78, 5) is 6.78. The molecule has 1 aromatic rings. The molecule has 8 nitrogen and oxygen atoms in total. The second-order valence-corrected chi connectivity index (χ2v) is 4.92. The molecular weight excluding hydrogens is 282 g/mol. The summed E-state index contributed by atoms with van der Waals surface area (Å²) in [6.45, 7) is 0. The Bertz CT molecular complexity index is 622. The maximum absolute atomic E-state index is 10.9. The van der Waals surface area contributed by atoms with Crippen molar-refractivity contribution in [2.75, 3.05) is 0 Å². The molecule has 1 rings (SSSR count). The third-order valence-electron chi connectivity index (χ3n) is 1.69. The summed E-state index contributed by atoms with van der Waals surface area (Å²) in [6.07, 6.45) is 0. The van der Waals surface area contributed by atoms with Crippen molar-refractivity contribution in [1.29, 1.82) is 0 Å². The van der Waals surface area contributed by atoms with Gasteiger partial charge in [0, 0.05) is 0 Å². The van der Waals surface area contributed by atoms with Gasteiger partial charge in [0.1, 0.15) is 0 Å². The standard InChI is InChI=1S/C8H10ClN5O3S/c9-5-2-1-4(18(15,16)17)3-6(5)13-8(12)14-7(10)11/h1-3H,(H,15,16,17)(H6,10,11,12,13,14). The predicted molar refractivity (Wildman–Crippen MR) is 68.4 cm³/mol. The van der Waals surface area contributed by atoms with Crippen molar-refractivity contribution in [1.82, 2.24) is 0 Å². The van der Waals surface area contributed by atoms with E-state index in [1.807, 2.05) is 0 Å². The Morgan fingerprint density at radius 1 is 1.28 bits per heavy atom. The first-order chi connectivity index (χ1) is 8.20. The van der Waals surface area contributed by atoms with Gasteiger partial charge in [-0.1, -0.05) is 11.6 Å². The van der Waals surface area contributed by atoms with E-state index in [0.29, 0.717) is 0 Å². The molecule has 0 atom stereocenters. The van der Waals surface area contributed by atoms with Gasteiger partial charge in [-0.3, -0.25) is 4.55 Å². The van der Waals surface area contributed by atoms with Gasteiger partial charge in [0.15, 0.2) is 5.96 Å². The van der Waals surface area contributed by atoms with Gasteiger partial charge in [-0.05, 0) is 18.2 Å². The van der Waals surface area contributed by atoms with Crippen molar-refractivity contribution in [2.45, 2.75) is 4.90 Å². The minimum atomic E-state index is -4.35. The Balaban J connectivity index is 3.30. The Labute approximate surface area is 108 Å². The number of hydrogen-bond acceptors (Lipinski definition) is 3. The second-order valence-electron chi connectivity index (χ2n) is 3.09. The van der Waals surface area contributed by atoms with Crippen molar-refractivity contribution in [2.24, 2.45) is 27.2 Å². The molecule has 10 heteroatoms. The predicted octanol–water partition coefficient (Wildman–Crippen LogP) is -0.194. The number of benzene rings is 1. The quantitative estimate of drug-likeness (QED) is 0.336. The van der Waals surface area contributed by atoms with Crippen molar-refractivity contribution in [3.63, 3.8) is 0 Å². The number of hydrogen-bond donors (Lipinski definition) is 4. The van der Waals surface area contributed by atoms with E-state index < -0.39 is 10.1 Å². The first kappa shape index (κ1) is 14.2. The molecule has 0 bridgehead atoms. The Morgan fingerprint density at radius 3 is 2.39 bits per heavy atom.